The molecule has 2 rings (SSSR count). The van der Waals surface area contributed by atoms with Crippen molar-refractivity contribution in [2.75, 3.05) is 6.54 Å². The summed E-state index contributed by atoms with van der Waals surface area (Å²) in [6.07, 6.45) is 1.18. The van der Waals surface area contributed by atoms with Gasteiger partial charge in [0.1, 0.15) is 0 Å². The molecule has 0 aliphatic heterocycles. The Morgan fingerprint density at radius 1 is 1.21 bits per heavy atom. The summed E-state index contributed by atoms with van der Waals surface area (Å²) < 4.78 is 0. The van der Waals surface area contributed by atoms with Gasteiger partial charge in [-0.2, -0.15) is 0 Å². The Morgan fingerprint density at radius 3 is 2.58 bits per heavy atom. The highest BCUT2D eigenvalue weighted by Crippen LogP contribution is 2.22. The van der Waals surface area contributed by atoms with Crippen molar-refractivity contribution < 1.29 is 14.7 Å². The lowest BCUT2D eigenvalue weighted by molar-refractivity contribution is -0.136. The van der Waals surface area contributed by atoms with Gasteiger partial charge < -0.3 is 10.4 Å². The molecule has 126 valence electrons. The second kappa shape index (κ2) is 8.86. The summed E-state index contributed by atoms with van der Waals surface area (Å²) in [4.78, 5) is 30.7. The fraction of sp³-hybridized carbons (Fsp3) is 0.200. The number of aliphatic carboxylic acids is 1. The molecule has 2 aromatic rings. The molecule has 1 heterocycles. The fourth-order valence-corrected chi connectivity index (χ4v) is 2.75. The molecular formula is C15H13Cl2N3O3S. The van der Waals surface area contributed by atoms with Crippen LogP contribution < -0.4 is 5.32 Å². The number of aromatic nitrogens is 2. The van der Waals surface area contributed by atoms with Gasteiger partial charge in [0.2, 0.25) is 0 Å². The number of rotatable bonds is 7. The molecule has 24 heavy (non-hydrogen) atoms. The van der Waals surface area contributed by atoms with Crippen LogP contribution in [0.5, 0.6) is 0 Å². The number of nitrogens with one attached hydrogen (secondary N) is 1. The summed E-state index contributed by atoms with van der Waals surface area (Å²) in [5.41, 5.74) is 1.06. The van der Waals surface area contributed by atoms with Crippen LogP contribution in [-0.2, 0) is 10.5 Å². The summed E-state index contributed by atoms with van der Waals surface area (Å²) in [6, 6.07) is 7.37. The van der Waals surface area contributed by atoms with Gasteiger partial charge in [0.15, 0.2) is 10.9 Å². The lowest BCUT2D eigenvalue weighted by atomic mass is 10.2. The van der Waals surface area contributed by atoms with Crippen molar-refractivity contribution in [3.8, 4) is 0 Å². The minimum Gasteiger partial charge on any atom is -0.481 e. The van der Waals surface area contributed by atoms with Gasteiger partial charge in [-0.05, 0) is 17.7 Å². The number of hydrogen-bond donors (Lipinski definition) is 2. The second-order valence-electron chi connectivity index (χ2n) is 4.66. The first-order valence-electron chi connectivity index (χ1n) is 6.85. The van der Waals surface area contributed by atoms with E-state index in [0.29, 0.717) is 15.9 Å². The van der Waals surface area contributed by atoms with Gasteiger partial charge in [0.05, 0.1) is 17.6 Å². The quantitative estimate of drug-likeness (QED) is 0.561. The Morgan fingerprint density at radius 2 is 1.92 bits per heavy atom. The Hall–Kier alpha value is -1.83. The number of hydrogen-bond acceptors (Lipinski definition) is 5. The fourth-order valence-electron chi connectivity index (χ4n) is 1.67. The van der Waals surface area contributed by atoms with Crippen molar-refractivity contribution in [3.05, 3.63) is 51.8 Å². The first kappa shape index (κ1) is 18.5. The van der Waals surface area contributed by atoms with Crippen LogP contribution in [0.25, 0.3) is 0 Å². The zero-order chi connectivity index (χ0) is 17.5. The van der Waals surface area contributed by atoms with Crippen molar-refractivity contribution in [3.63, 3.8) is 0 Å². The van der Waals surface area contributed by atoms with E-state index in [4.69, 9.17) is 28.3 Å². The minimum atomic E-state index is -0.997. The highest BCUT2D eigenvalue weighted by Gasteiger charge is 2.14. The van der Waals surface area contributed by atoms with E-state index in [1.54, 1.807) is 12.1 Å². The zero-order valence-corrected chi connectivity index (χ0v) is 14.7. The van der Waals surface area contributed by atoms with Crippen LogP contribution in [0.15, 0.2) is 35.6 Å². The van der Waals surface area contributed by atoms with Crippen LogP contribution in [0, 0.1) is 0 Å². The molecule has 0 saturated carbocycles. The Bertz CT molecular complexity index is 741. The van der Waals surface area contributed by atoms with E-state index < -0.39 is 11.9 Å². The van der Waals surface area contributed by atoms with E-state index in [1.807, 2.05) is 12.1 Å². The van der Waals surface area contributed by atoms with Crippen LogP contribution >= 0.6 is 35.0 Å². The van der Waals surface area contributed by atoms with Crippen LogP contribution in [0.4, 0.5) is 0 Å². The predicted molar refractivity (Wildman–Crippen MR) is 92.6 cm³/mol. The summed E-state index contributed by atoms with van der Waals surface area (Å²) in [6.45, 7) is 0.00174. The van der Waals surface area contributed by atoms with Gasteiger partial charge in [0.25, 0.3) is 5.91 Å². The zero-order valence-electron chi connectivity index (χ0n) is 12.3. The highest BCUT2D eigenvalue weighted by atomic mass is 35.5. The molecule has 0 aliphatic carbocycles. The van der Waals surface area contributed by atoms with E-state index >= 15 is 0 Å². The van der Waals surface area contributed by atoms with E-state index in [9.17, 15) is 9.59 Å². The average molecular weight is 386 g/mol. The predicted octanol–water partition coefficient (Wildman–Crippen LogP) is 3.28. The summed E-state index contributed by atoms with van der Waals surface area (Å²) >= 11 is 13.1. The molecule has 0 bridgehead atoms. The highest BCUT2D eigenvalue weighted by molar-refractivity contribution is 7.98. The molecule has 0 saturated heterocycles. The maximum absolute atomic E-state index is 12.0. The molecule has 0 unspecified atom stereocenters. The largest absolute Gasteiger partial charge is 0.481 e. The Labute approximate surface area is 152 Å². The number of halogens is 2. The molecular weight excluding hydrogens is 373 g/mol. The number of amides is 1. The van der Waals surface area contributed by atoms with Crippen molar-refractivity contribution in [2.24, 2.45) is 0 Å². The number of carbonyl (C=O) groups is 2. The first-order valence-corrected chi connectivity index (χ1v) is 8.59. The number of carbonyl (C=O) groups excluding carboxylic acids is 1. The van der Waals surface area contributed by atoms with Crippen molar-refractivity contribution in [2.45, 2.75) is 17.3 Å². The van der Waals surface area contributed by atoms with Crippen LogP contribution in [0.3, 0.4) is 0 Å². The lowest BCUT2D eigenvalue weighted by Gasteiger charge is -2.06. The maximum atomic E-state index is 12.0. The van der Waals surface area contributed by atoms with Gasteiger partial charge in [-0.3, -0.25) is 9.59 Å². The van der Waals surface area contributed by atoms with Gasteiger partial charge in [-0.25, -0.2) is 9.97 Å². The summed E-state index contributed by atoms with van der Waals surface area (Å²) in [5, 5.41) is 12.2. The Kier molecular flexibility index (Phi) is 6.84. The van der Waals surface area contributed by atoms with Crippen LogP contribution in [0.2, 0.25) is 10.0 Å². The van der Waals surface area contributed by atoms with E-state index in [1.165, 1.54) is 18.0 Å². The standard InChI is InChI=1S/C15H13Cl2N3O3S/c16-10-3-1-9(2-4-10)8-24-15-19-7-11(17)13(20-15)14(23)18-6-5-12(21)22/h1-4,7H,5-6,8H2,(H,18,23)(H,21,22). The van der Waals surface area contributed by atoms with E-state index in [0.717, 1.165) is 5.56 Å². The van der Waals surface area contributed by atoms with Crippen LogP contribution in [0.1, 0.15) is 22.5 Å². The van der Waals surface area contributed by atoms with Gasteiger partial charge >= 0.3 is 5.97 Å². The topological polar surface area (TPSA) is 92.2 Å². The third-order valence-corrected chi connectivity index (χ3v) is 4.30. The SMILES string of the molecule is O=C(O)CCNC(=O)c1nc(SCc2ccc(Cl)cc2)ncc1Cl. The van der Waals surface area contributed by atoms with Crippen molar-refractivity contribution in [1.29, 1.82) is 0 Å². The monoisotopic (exact) mass is 385 g/mol. The second-order valence-corrected chi connectivity index (χ2v) is 6.45. The number of nitrogens with zero attached hydrogens (tertiary/aromatic N) is 2. The molecule has 1 aromatic heterocycles. The number of carboxylic acids is 1. The van der Waals surface area contributed by atoms with Crippen LogP contribution in [-0.4, -0.2) is 33.5 Å². The van der Waals surface area contributed by atoms with E-state index in [-0.39, 0.29) is 23.7 Å². The van der Waals surface area contributed by atoms with Gasteiger partial charge in [-0.15, -0.1) is 0 Å². The van der Waals surface area contributed by atoms with Gasteiger partial charge in [-0.1, -0.05) is 47.1 Å². The molecule has 0 spiro atoms. The number of thioether (sulfide) groups is 1. The lowest BCUT2D eigenvalue weighted by Crippen LogP contribution is -2.27. The molecule has 0 atom stereocenters. The van der Waals surface area contributed by atoms with Gasteiger partial charge in [0, 0.05) is 17.3 Å². The maximum Gasteiger partial charge on any atom is 0.305 e. The van der Waals surface area contributed by atoms with E-state index in [2.05, 4.69) is 15.3 Å². The average Bonchev–Trinajstić information content (AvgIpc) is 2.55. The number of carboxylic acid groups (broad SMARTS) is 1. The smallest absolute Gasteiger partial charge is 0.305 e. The molecule has 1 aromatic carbocycles. The number of benzene rings is 1. The molecule has 0 radical (unpaired) electrons. The third kappa shape index (κ3) is 5.67. The summed E-state index contributed by atoms with van der Waals surface area (Å²) in [7, 11) is 0. The summed E-state index contributed by atoms with van der Waals surface area (Å²) in [5.74, 6) is -0.918. The van der Waals surface area contributed by atoms with Crippen molar-refractivity contribution >= 4 is 46.8 Å². The molecule has 9 heteroatoms. The molecule has 0 fully saturated rings. The minimum absolute atomic E-state index is 0.00174. The molecule has 0 aliphatic rings. The van der Waals surface area contributed by atoms with Crippen molar-refractivity contribution in [1.82, 2.24) is 15.3 Å². The molecule has 1 amide bonds. The first-order chi connectivity index (χ1) is 11.5. The molecule has 2 N–H and O–H groups in total. The third-order valence-electron chi connectivity index (χ3n) is 2.84. The molecule has 6 nitrogen and oxygen atoms in total. The normalized spacial score (nSPS) is 10.4. The Balaban J connectivity index is 2.00.